The van der Waals surface area contributed by atoms with Crippen LogP contribution in [0.5, 0.6) is 0 Å². The highest BCUT2D eigenvalue weighted by Gasteiger charge is 2.21. The van der Waals surface area contributed by atoms with Gasteiger partial charge in [0.1, 0.15) is 12.2 Å². The van der Waals surface area contributed by atoms with Crippen molar-refractivity contribution in [2.45, 2.75) is 19.9 Å². The maximum Gasteiger partial charge on any atom is 0.276 e. The van der Waals surface area contributed by atoms with Gasteiger partial charge in [-0.1, -0.05) is 6.07 Å². The monoisotopic (exact) mass is 359 g/mol. The van der Waals surface area contributed by atoms with Crippen LogP contribution in [0.4, 0.5) is 5.69 Å². The first-order chi connectivity index (χ1) is 11.7. The molecule has 1 aromatic carbocycles. The Balaban J connectivity index is 0.00000182. The second kappa shape index (κ2) is 7.04. The molecule has 1 aliphatic heterocycles. The first-order valence-electron chi connectivity index (χ1n) is 7.77. The Morgan fingerprint density at radius 3 is 3.04 bits per heavy atom. The maximum absolute atomic E-state index is 12.6. The number of halogens is 1. The number of rotatable bonds is 3. The molecule has 130 valence electrons. The van der Waals surface area contributed by atoms with E-state index in [0.717, 1.165) is 35.7 Å². The van der Waals surface area contributed by atoms with Crippen LogP contribution in [-0.2, 0) is 13.0 Å². The van der Waals surface area contributed by atoms with Gasteiger partial charge in [-0.25, -0.2) is 0 Å². The van der Waals surface area contributed by atoms with Gasteiger partial charge in [0.05, 0.1) is 5.69 Å². The van der Waals surface area contributed by atoms with Gasteiger partial charge in [0.15, 0.2) is 5.69 Å². The number of amides is 1. The number of fused-ring (bicyclic) bond motifs is 1. The van der Waals surface area contributed by atoms with E-state index in [1.165, 1.54) is 0 Å². The first-order valence-corrected chi connectivity index (χ1v) is 7.77. The molecule has 0 atom stereocenters. The second-order valence-corrected chi connectivity index (χ2v) is 5.71. The van der Waals surface area contributed by atoms with Crippen LogP contribution in [-0.4, -0.2) is 37.4 Å². The first kappa shape index (κ1) is 17.1. The van der Waals surface area contributed by atoms with E-state index in [-0.39, 0.29) is 18.3 Å². The fraction of sp³-hybridized carbons (Fsp3) is 0.250. The Hall–Kier alpha value is -2.71. The van der Waals surface area contributed by atoms with Gasteiger partial charge in [0, 0.05) is 36.5 Å². The van der Waals surface area contributed by atoms with E-state index in [1.807, 2.05) is 35.8 Å². The predicted octanol–water partition coefficient (Wildman–Crippen LogP) is 1.62. The molecule has 0 unspecified atom stereocenters. The second-order valence-electron chi connectivity index (χ2n) is 5.71. The SMILES string of the molecule is Cc1nncn1-c1cccc(NC(=O)c2n[nH]c3c2CNCC3)c1.Cl. The molecule has 0 bridgehead atoms. The number of hydrogen-bond acceptors (Lipinski definition) is 5. The van der Waals surface area contributed by atoms with Gasteiger partial charge >= 0.3 is 0 Å². The van der Waals surface area contributed by atoms with Crippen molar-refractivity contribution in [2.75, 3.05) is 11.9 Å². The predicted molar refractivity (Wildman–Crippen MR) is 95.3 cm³/mol. The van der Waals surface area contributed by atoms with Crippen LogP contribution in [0.2, 0.25) is 0 Å². The summed E-state index contributed by atoms with van der Waals surface area (Å²) in [7, 11) is 0. The zero-order chi connectivity index (χ0) is 16.5. The van der Waals surface area contributed by atoms with Crippen LogP contribution in [0, 0.1) is 6.92 Å². The van der Waals surface area contributed by atoms with Crippen molar-refractivity contribution in [3.05, 3.63) is 53.4 Å². The van der Waals surface area contributed by atoms with E-state index in [0.29, 0.717) is 17.9 Å². The van der Waals surface area contributed by atoms with Gasteiger partial charge in [-0.3, -0.25) is 14.5 Å². The minimum atomic E-state index is -0.214. The molecule has 25 heavy (non-hydrogen) atoms. The molecule has 0 spiro atoms. The van der Waals surface area contributed by atoms with Crippen molar-refractivity contribution in [1.29, 1.82) is 0 Å². The number of benzene rings is 1. The van der Waals surface area contributed by atoms with Gasteiger partial charge < -0.3 is 10.6 Å². The molecule has 0 aliphatic carbocycles. The molecule has 0 radical (unpaired) electrons. The minimum absolute atomic E-state index is 0. The van der Waals surface area contributed by atoms with Gasteiger partial charge in [0.25, 0.3) is 5.91 Å². The molecular weight excluding hydrogens is 342 g/mol. The molecule has 3 heterocycles. The highest BCUT2D eigenvalue weighted by Crippen LogP contribution is 2.19. The van der Waals surface area contributed by atoms with E-state index >= 15 is 0 Å². The molecule has 0 saturated heterocycles. The molecular formula is C16H18ClN7O. The molecule has 4 rings (SSSR count). The molecule has 9 heteroatoms. The molecule has 0 saturated carbocycles. The third-order valence-corrected chi connectivity index (χ3v) is 4.12. The van der Waals surface area contributed by atoms with E-state index in [1.54, 1.807) is 6.33 Å². The van der Waals surface area contributed by atoms with Gasteiger partial charge in [-0.15, -0.1) is 22.6 Å². The summed E-state index contributed by atoms with van der Waals surface area (Å²) in [5.41, 5.74) is 4.02. The number of carbonyl (C=O) groups excluding carboxylic acids is 1. The fourth-order valence-corrected chi connectivity index (χ4v) is 2.88. The lowest BCUT2D eigenvalue weighted by molar-refractivity contribution is 0.102. The van der Waals surface area contributed by atoms with E-state index in [2.05, 4.69) is 31.0 Å². The fourth-order valence-electron chi connectivity index (χ4n) is 2.88. The normalized spacial score (nSPS) is 13.0. The van der Waals surface area contributed by atoms with Crippen LogP contribution in [0.1, 0.15) is 27.6 Å². The largest absolute Gasteiger partial charge is 0.321 e. The molecule has 8 nitrogen and oxygen atoms in total. The number of nitrogens with zero attached hydrogens (tertiary/aromatic N) is 4. The zero-order valence-corrected chi connectivity index (χ0v) is 14.4. The molecule has 3 N–H and O–H groups in total. The average molecular weight is 360 g/mol. The third-order valence-electron chi connectivity index (χ3n) is 4.12. The molecule has 3 aromatic rings. The standard InChI is InChI=1S/C16H17N7O.ClH/c1-10-20-18-9-23(10)12-4-2-3-11(7-12)19-16(24)15-13-8-17-6-5-14(13)21-22-15;/h2-4,7,9,17H,5-6,8H2,1H3,(H,19,24)(H,21,22);1H. The van der Waals surface area contributed by atoms with Crippen LogP contribution < -0.4 is 10.6 Å². The van der Waals surface area contributed by atoms with Crippen LogP contribution in [0.3, 0.4) is 0 Å². The molecule has 1 aliphatic rings. The zero-order valence-electron chi connectivity index (χ0n) is 13.6. The van der Waals surface area contributed by atoms with Gasteiger partial charge in [-0.05, 0) is 25.1 Å². The number of aryl methyl sites for hydroxylation is 1. The summed E-state index contributed by atoms with van der Waals surface area (Å²) >= 11 is 0. The number of carbonyl (C=O) groups is 1. The summed E-state index contributed by atoms with van der Waals surface area (Å²) in [5, 5.41) is 21.2. The van der Waals surface area contributed by atoms with E-state index in [4.69, 9.17) is 0 Å². The van der Waals surface area contributed by atoms with Crippen molar-refractivity contribution in [2.24, 2.45) is 0 Å². The summed E-state index contributed by atoms with van der Waals surface area (Å²) in [6.07, 6.45) is 2.50. The smallest absolute Gasteiger partial charge is 0.276 e. The van der Waals surface area contributed by atoms with Crippen molar-refractivity contribution < 1.29 is 4.79 Å². The summed E-state index contributed by atoms with van der Waals surface area (Å²) in [5.74, 6) is 0.569. The van der Waals surface area contributed by atoms with Crippen molar-refractivity contribution in [1.82, 2.24) is 30.3 Å². The lowest BCUT2D eigenvalue weighted by Crippen LogP contribution is -2.25. The van der Waals surface area contributed by atoms with Crippen molar-refractivity contribution >= 4 is 24.0 Å². The average Bonchev–Trinajstić information content (AvgIpc) is 3.21. The lowest BCUT2D eigenvalue weighted by Gasteiger charge is -2.13. The lowest BCUT2D eigenvalue weighted by atomic mass is 10.1. The Kier molecular flexibility index (Phi) is 4.82. The summed E-state index contributed by atoms with van der Waals surface area (Å²) in [6.45, 7) is 3.44. The number of nitrogens with one attached hydrogen (secondary N) is 3. The molecule has 0 fully saturated rings. The number of aromatic nitrogens is 5. The Morgan fingerprint density at radius 2 is 2.24 bits per heavy atom. The van der Waals surface area contributed by atoms with Gasteiger partial charge in [-0.2, -0.15) is 5.10 Å². The van der Waals surface area contributed by atoms with Crippen molar-refractivity contribution in [3.8, 4) is 5.69 Å². The van der Waals surface area contributed by atoms with E-state index in [9.17, 15) is 4.79 Å². The number of hydrogen-bond donors (Lipinski definition) is 3. The van der Waals surface area contributed by atoms with Crippen molar-refractivity contribution in [3.63, 3.8) is 0 Å². The Bertz CT molecular complexity index is 902. The summed E-state index contributed by atoms with van der Waals surface area (Å²) < 4.78 is 1.86. The topological polar surface area (TPSA) is 101 Å². The quantitative estimate of drug-likeness (QED) is 0.659. The van der Waals surface area contributed by atoms with Crippen LogP contribution >= 0.6 is 12.4 Å². The maximum atomic E-state index is 12.6. The molecule has 1 amide bonds. The highest BCUT2D eigenvalue weighted by atomic mass is 35.5. The highest BCUT2D eigenvalue weighted by molar-refractivity contribution is 6.04. The Labute approximate surface area is 150 Å². The van der Waals surface area contributed by atoms with Crippen LogP contribution in [0.15, 0.2) is 30.6 Å². The number of aromatic amines is 1. The number of H-pyrrole nitrogens is 1. The summed E-state index contributed by atoms with van der Waals surface area (Å²) in [4.78, 5) is 12.6. The van der Waals surface area contributed by atoms with Gasteiger partial charge in [0.2, 0.25) is 0 Å². The third kappa shape index (κ3) is 3.26. The van der Waals surface area contributed by atoms with Crippen LogP contribution in [0.25, 0.3) is 5.69 Å². The summed E-state index contributed by atoms with van der Waals surface area (Å²) in [6, 6.07) is 7.54. The number of anilines is 1. The van der Waals surface area contributed by atoms with E-state index < -0.39 is 0 Å². The molecule has 2 aromatic heterocycles. The minimum Gasteiger partial charge on any atom is -0.321 e. The Morgan fingerprint density at radius 1 is 1.36 bits per heavy atom.